The van der Waals surface area contributed by atoms with Crippen LogP contribution in [-0.4, -0.2) is 51.6 Å². The number of urea groups is 1. The second kappa shape index (κ2) is 11.1. The number of carbonyl (C=O) groups excluding carboxylic acids is 2. The average molecular weight is 572 g/mol. The molecule has 2 aromatic carbocycles. The summed E-state index contributed by atoms with van der Waals surface area (Å²) in [6.07, 6.45) is 3.17. The van der Waals surface area contributed by atoms with E-state index in [9.17, 15) is 26.8 Å². The molecule has 0 saturated heterocycles. The van der Waals surface area contributed by atoms with Gasteiger partial charge in [0.25, 0.3) is 0 Å². The topological polar surface area (TPSA) is 121 Å². The number of amides is 3. The lowest BCUT2D eigenvalue weighted by molar-refractivity contribution is -0.120. The Kier molecular flexibility index (Phi) is 7.57. The van der Waals surface area contributed by atoms with Crippen LogP contribution in [0.2, 0.25) is 0 Å². The van der Waals surface area contributed by atoms with Crippen molar-refractivity contribution in [2.45, 2.75) is 31.7 Å². The van der Waals surface area contributed by atoms with Gasteiger partial charge in [-0.2, -0.15) is 8.42 Å². The summed E-state index contributed by atoms with van der Waals surface area (Å²) in [6.45, 7) is 0.694. The first-order chi connectivity index (χ1) is 19.1. The quantitative estimate of drug-likeness (QED) is 0.450. The first-order valence-electron chi connectivity index (χ1n) is 12.6. The van der Waals surface area contributed by atoms with Gasteiger partial charge in [-0.3, -0.25) is 4.79 Å². The van der Waals surface area contributed by atoms with Gasteiger partial charge in [0.2, 0.25) is 5.91 Å². The van der Waals surface area contributed by atoms with Gasteiger partial charge in [-0.25, -0.2) is 27.6 Å². The molecular weight excluding hydrogens is 544 g/mol. The van der Waals surface area contributed by atoms with Gasteiger partial charge >= 0.3 is 16.2 Å². The van der Waals surface area contributed by atoms with Crippen molar-refractivity contribution in [1.82, 2.24) is 15.0 Å². The maximum Gasteiger partial charge on any atom is 0.330 e. The average Bonchev–Trinajstić information content (AvgIpc) is 3.36. The van der Waals surface area contributed by atoms with E-state index in [-0.39, 0.29) is 24.3 Å². The number of anilines is 2. The van der Waals surface area contributed by atoms with Crippen molar-refractivity contribution in [3.05, 3.63) is 83.1 Å². The molecule has 0 bridgehead atoms. The van der Waals surface area contributed by atoms with Crippen molar-refractivity contribution in [2.24, 2.45) is 0 Å². The Bertz CT molecular complexity index is 1550. The van der Waals surface area contributed by atoms with E-state index in [1.807, 2.05) is 4.72 Å². The van der Waals surface area contributed by atoms with Gasteiger partial charge in [-0.15, -0.1) is 0 Å². The normalized spacial score (nSPS) is 14.9. The van der Waals surface area contributed by atoms with Crippen molar-refractivity contribution in [3.63, 3.8) is 0 Å². The highest BCUT2D eigenvalue weighted by Crippen LogP contribution is 2.29. The highest BCUT2D eigenvalue weighted by Gasteiger charge is 2.33. The van der Waals surface area contributed by atoms with Crippen molar-refractivity contribution in [2.75, 3.05) is 29.4 Å². The molecule has 2 aliphatic rings. The molecule has 2 aliphatic heterocycles. The molecular formula is C27H27F2N5O5S. The van der Waals surface area contributed by atoms with E-state index in [0.717, 1.165) is 40.6 Å². The molecule has 5 rings (SSSR count). The summed E-state index contributed by atoms with van der Waals surface area (Å²) < 4.78 is 62.3. The number of likely N-dealkylation sites (N-methyl/N-ethyl adjacent to an activating group) is 1. The van der Waals surface area contributed by atoms with E-state index in [0.29, 0.717) is 30.3 Å². The third-order valence-corrected chi connectivity index (χ3v) is 8.15. The van der Waals surface area contributed by atoms with Gasteiger partial charge in [-0.1, -0.05) is 6.07 Å². The predicted molar refractivity (Wildman–Crippen MR) is 143 cm³/mol. The van der Waals surface area contributed by atoms with Crippen LogP contribution in [0.1, 0.15) is 23.1 Å². The summed E-state index contributed by atoms with van der Waals surface area (Å²) in [7, 11) is -2.87. The largest absolute Gasteiger partial charge is 0.493 e. The maximum atomic E-state index is 13.9. The number of aromatic nitrogens is 1. The number of rotatable bonds is 7. The van der Waals surface area contributed by atoms with Crippen molar-refractivity contribution in [3.8, 4) is 5.75 Å². The van der Waals surface area contributed by atoms with Crippen molar-refractivity contribution >= 4 is 33.7 Å². The predicted octanol–water partition coefficient (Wildman–Crippen LogP) is 2.87. The summed E-state index contributed by atoms with van der Waals surface area (Å²) in [6, 6.07) is 8.90. The van der Waals surface area contributed by atoms with Gasteiger partial charge in [0.15, 0.2) is 0 Å². The number of fused-ring (bicyclic) bond motifs is 2. The number of benzene rings is 2. The van der Waals surface area contributed by atoms with Gasteiger partial charge in [-0.05, 0) is 72.4 Å². The van der Waals surface area contributed by atoms with Crippen LogP contribution in [-0.2, 0) is 34.3 Å². The Hall–Kier alpha value is -4.26. The number of nitrogens with zero attached hydrogens (tertiary/aromatic N) is 3. The number of pyridine rings is 1. The van der Waals surface area contributed by atoms with Gasteiger partial charge < -0.3 is 15.0 Å². The van der Waals surface area contributed by atoms with Crippen LogP contribution in [0, 0.1) is 11.6 Å². The molecule has 0 radical (unpaired) electrons. The third-order valence-electron chi connectivity index (χ3n) is 6.78. The Morgan fingerprint density at radius 2 is 1.88 bits per heavy atom. The molecule has 0 saturated carbocycles. The number of hydrogen-bond acceptors (Lipinski definition) is 6. The second-order valence-corrected chi connectivity index (χ2v) is 11.2. The van der Waals surface area contributed by atoms with Crippen LogP contribution >= 0.6 is 0 Å². The number of nitrogens with one attached hydrogen (secondary N) is 2. The van der Waals surface area contributed by atoms with Crippen LogP contribution in [0.25, 0.3) is 0 Å². The monoisotopic (exact) mass is 571 g/mol. The Morgan fingerprint density at radius 1 is 1.10 bits per heavy atom. The van der Waals surface area contributed by atoms with Crippen LogP contribution in [0.15, 0.2) is 54.7 Å². The molecule has 2 N–H and O–H groups in total. The van der Waals surface area contributed by atoms with E-state index >= 15 is 0 Å². The summed E-state index contributed by atoms with van der Waals surface area (Å²) >= 11 is 0. The molecule has 1 aromatic heterocycles. The Morgan fingerprint density at radius 3 is 2.65 bits per heavy atom. The fourth-order valence-corrected chi connectivity index (χ4v) is 5.98. The smallest absolute Gasteiger partial charge is 0.330 e. The van der Waals surface area contributed by atoms with E-state index in [2.05, 4.69) is 10.3 Å². The van der Waals surface area contributed by atoms with E-state index in [1.54, 1.807) is 30.3 Å². The minimum Gasteiger partial charge on any atom is -0.493 e. The molecule has 40 heavy (non-hydrogen) atoms. The summed E-state index contributed by atoms with van der Waals surface area (Å²) in [4.78, 5) is 31.9. The summed E-state index contributed by atoms with van der Waals surface area (Å²) in [5.41, 5.74) is 2.25. The first-order valence-corrected chi connectivity index (χ1v) is 14.1. The number of aryl methyl sites for hydroxylation is 1. The summed E-state index contributed by atoms with van der Waals surface area (Å²) in [5, 5.41) is 2.38. The fourth-order valence-electron chi connectivity index (χ4n) is 4.85. The lowest BCUT2D eigenvalue weighted by Gasteiger charge is -2.27. The number of ether oxygens (including phenoxy) is 1. The second-order valence-electron chi connectivity index (χ2n) is 9.56. The minimum atomic E-state index is -4.36. The lowest BCUT2D eigenvalue weighted by atomic mass is 10.0. The van der Waals surface area contributed by atoms with Crippen LogP contribution < -0.4 is 24.0 Å². The first kappa shape index (κ1) is 27.3. The lowest BCUT2D eigenvalue weighted by Crippen LogP contribution is -2.54. The summed E-state index contributed by atoms with van der Waals surface area (Å²) in [5.74, 6) is -1.39. The number of halogens is 2. The fraction of sp³-hybridized carbons (Fsp3) is 0.296. The highest BCUT2D eigenvalue weighted by molar-refractivity contribution is 7.91. The molecule has 210 valence electrons. The van der Waals surface area contributed by atoms with E-state index in [1.165, 1.54) is 18.1 Å². The zero-order chi connectivity index (χ0) is 28.4. The van der Waals surface area contributed by atoms with Crippen LogP contribution in [0.5, 0.6) is 5.75 Å². The minimum absolute atomic E-state index is 0.0880. The zero-order valence-electron chi connectivity index (χ0n) is 21.6. The molecule has 3 amide bonds. The molecule has 1 atom stereocenters. The number of carbonyl (C=O) groups is 2. The molecule has 3 aromatic rings. The SMILES string of the molecule is CN(C(=O)[C@H](Cc1cc(F)cc(F)c1)NC(=O)NS(=O)(=O)N1CCc2cccnc21)c1ccc2c(c1)CCCO2. The van der Waals surface area contributed by atoms with Gasteiger partial charge in [0, 0.05) is 38.0 Å². The molecule has 3 heterocycles. The van der Waals surface area contributed by atoms with Crippen LogP contribution in [0.3, 0.4) is 0 Å². The Balaban J connectivity index is 1.37. The van der Waals surface area contributed by atoms with Crippen molar-refractivity contribution < 1.29 is 31.5 Å². The standard InChI is InChI=1S/C27H27F2N5O5S/c1-33(22-6-7-24-19(15-22)5-3-11-39-24)26(35)23(14-17-12-20(28)16-21(29)13-17)31-27(36)32-40(37,38)34-10-8-18-4-2-9-30-25(18)34/h2,4,6-7,9,12-13,15-16,23H,3,5,8,10-11,14H2,1H3,(H2,31,32,36)/t23-/m0/s1. The zero-order valence-corrected chi connectivity index (χ0v) is 22.4. The van der Waals surface area contributed by atoms with Crippen molar-refractivity contribution in [1.29, 1.82) is 0 Å². The van der Waals surface area contributed by atoms with Gasteiger partial charge in [0.1, 0.15) is 29.2 Å². The van der Waals surface area contributed by atoms with Gasteiger partial charge in [0.05, 0.1) is 6.61 Å². The number of hydrogen-bond donors (Lipinski definition) is 2. The van der Waals surface area contributed by atoms with E-state index < -0.39 is 39.8 Å². The maximum absolute atomic E-state index is 13.9. The van der Waals surface area contributed by atoms with Crippen LogP contribution in [0.4, 0.5) is 25.1 Å². The molecule has 0 unspecified atom stereocenters. The molecule has 0 aliphatic carbocycles. The molecule has 0 spiro atoms. The molecule has 13 heteroatoms. The molecule has 0 fully saturated rings. The molecule has 10 nitrogen and oxygen atoms in total. The third kappa shape index (κ3) is 5.83. The van der Waals surface area contributed by atoms with E-state index in [4.69, 9.17) is 4.74 Å². The Labute approximate surface area is 230 Å². The highest BCUT2D eigenvalue weighted by atomic mass is 32.2.